The number of carbonyl (C=O) groups excluding carboxylic acids is 3. The zero-order valence-electron chi connectivity index (χ0n) is 29.1. The maximum atomic E-state index is 13.3. The van der Waals surface area contributed by atoms with Crippen LogP contribution in [0.25, 0.3) is 12.2 Å². The predicted octanol–water partition coefficient (Wildman–Crippen LogP) is -0.944. The number of Topliss-reactive ketones (excluding diaryl/α,β-unsaturated/α-hetero) is 2. The van der Waals surface area contributed by atoms with E-state index in [0.717, 1.165) is 23.3 Å². The summed E-state index contributed by atoms with van der Waals surface area (Å²) in [5, 5.41) is 12.9. The molecule has 2 aliphatic rings. The number of hydrogen-bond acceptors (Lipinski definition) is 13. The minimum absolute atomic E-state index is 0. The Labute approximate surface area is 374 Å². The summed E-state index contributed by atoms with van der Waals surface area (Å²) in [5.41, 5.74) is 6.89. The molecule has 0 aromatic heterocycles. The number of para-hydroxylation sites is 2. The molecule has 4 N–H and O–H groups in total. The molecule has 0 spiro atoms. The fourth-order valence-electron chi connectivity index (χ4n) is 5.35. The van der Waals surface area contributed by atoms with Gasteiger partial charge in [-0.3, -0.25) is 20.4 Å². The molecule has 0 unspecified atom stereocenters. The van der Waals surface area contributed by atoms with E-state index in [9.17, 15) is 40.3 Å². The maximum Gasteiger partial charge on any atom is 1.00 e. The van der Waals surface area contributed by atoms with E-state index in [1.807, 2.05) is 0 Å². The molecular weight excluding hydrogens is 775 g/mol. The van der Waals surface area contributed by atoms with Crippen molar-refractivity contribution < 1.29 is 121 Å². The van der Waals surface area contributed by atoms with E-state index in [1.165, 1.54) is 36.4 Å². The van der Waals surface area contributed by atoms with Crippen molar-refractivity contribution in [3.8, 4) is 0 Å². The zero-order chi connectivity index (χ0) is 37.4. The maximum absolute atomic E-state index is 13.3. The van der Waals surface area contributed by atoms with Gasteiger partial charge in [0, 0.05) is 22.5 Å². The molecule has 0 aliphatic heterocycles. The number of carbonyl (C=O) groups is 3. The average molecular weight is 801 g/mol. The molecule has 54 heavy (non-hydrogen) atoms. The van der Waals surface area contributed by atoms with Gasteiger partial charge in [0.1, 0.15) is 31.7 Å². The first-order chi connectivity index (χ1) is 24.6. The Morgan fingerprint density at radius 3 is 1.33 bits per heavy atom. The second kappa shape index (κ2) is 17.4. The van der Waals surface area contributed by atoms with Crippen LogP contribution in [-0.4, -0.2) is 55.0 Å². The first-order valence-corrected chi connectivity index (χ1v) is 18.0. The Kier molecular flexibility index (Phi) is 13.9. The van der Waals surface area contributed by atoms with E-state index < -0.39 is 59.1 Å². The molecule has 2 aliphatic carbocycles. The van der Waals surface area contributed by atoms with Crippen molar-refractivity contribution in [2.75, 3.05) is 21.5 Å². The molecule has 0 fully saturated rings. The minimum Gasteiger partial charge on any atom is -0.744 e. The fraction of sp³-hybridized carbons (Fsp3) is 0.0571. The molecule has 15 nitrogen and oxygen atoms in total. The van der Waals surface area contributed by atoms with Crippen LogP contribution in [-0.2, 0) is 20.2 Å². The van der Waals surface area contributed by atoms with Crippen molar-refractivity contribution in [2.45, 2.75) is 13.8 Å². The number of benzene rings is 4. The van der Waals surface area contributed by atoms with E-state index >= 15 is 0 Å². The summed E-state index contributed by atoms with van der Waals surface area (Å²) in [6.07, 6.45) is 1.98. The summed E-state index contributed by atoms with van der Waals surface area (Å²) >= 11 is 0. The molecular formula is C35H26KN6NaO9S2. The first kappa shape index (κ1) is 43.1. The molecule has 0 atom stereocenters. The SMILES string of the molecule is Cc1ccccc1N/N=C1\C(=O)c2ccc(NC(=O)Nc3ccc4c(c3)C=C(S(=O)(=O)[O-])/C(=N/Nc3ccccc3C)C4=O)cc2C=C1S(=O)(=O)[O-].[K+].[Na+]. The van der Waals surface area contributed by atoms with Crippen LogP contribution >= 0.6 is 0 Å². The third kappa shape index (κ3) is 9.59. The Hall–Kier alpha value is -3.63. The van der Waals surface area contributed by atoms with Crippen LogP contribution in [0.5, 0.6) is 0 Å². The Morgan fingerprint density at radius 2 is 0.981 bits per heavy atom. The standard InChI is InChI=1S/C35H28N6O9S2.K.Na/c1-19-7-3-5-9-27(19)38-40-31-29(51(45,46)47)17-21-15-23(11-13-25(21)33(31)42)36-35(44)37-24-12-14-26-22(16-24)18-30(52(48,49)50)32(34(26)43)41-39-28-10-6-4-8-20(28)2;;/h3-18,38-39H,1-2H3,(H2,36,37,44)(H,45,46,47)(H,48,49,50);;/q;2*+1/p-2/b40-31-,41-32-;;. The van der Waals surface area contributed by atoms with Crippen LogP contribution in [0.15, 0.2) is 105 Å². The number of nitrogens with zero attached hydrogens (tertiary/aromatic N) is 2. The number of hydrogen-bond donors (Lipinski definition) is 4. The van der Waals surface area contributed by atoms with Gasteiger partial charge in [-0.25, -0.2) is 21.6 Å². The van der Waals surface area contributed by atoms with Crippen molar-refractivity contribution in [1.82, 2.24) is 0 Å². The molecule has 0 bridgehead atoms. The topological polar surface area (TPSA) is 238 Å². The number of urea groups is 1. The van der Waals surface area contributed by atoms with Crippen molar-refractivity contribution in [2.24, 2.45) is 10.2 Å². The molecule has 0 saturated heterocycles. The number of amides is 2. The second-order valence-electron chi connectivity index (χ2n) is 11.5. The second-order valence-corrected chi connectivity index (χ2v) is 14.2. The smallest absolute Gasteiger partial charge is 0.744 e. The zero-order valence-corrected chi connectivity index (χ0v) is 35.9. The van der Waals surface area contributed by atoms with Gasteiger partial charge < -0.3 is 19.7 Å². The molecule has 4 aromatic rings. The van der Waals surface area contributed by atoms with Crippen molar-refractivity contribution in [3.05, 3.63) is 128 Å². The number of fused-ring (bicyclic) bond motifs is 2. The third-order valence-electron chi connectivity index (χ3n) is 7.98. The van der Waals surface area contributed by atoms with Crippen molar-refractivity contribution in [1.29, 1.82) is 0 Å². The van der Waals surface area contributed by atoms with Crippen LogP contribution < -0.4 is 102 Å². The van der Waals surface area contributed by atoms with Gasteiger partial charge in [-0.2, -0.15) is 10.2 Å². The van der Waals surface area contributed by atoms with E-state index in [4.69, 9.17) is 0 Å². The molecule has 264 valence electrons. The van der Waals surface area contributed by atoms with Crippen LogP contribution in [0.2, 0.25) is 0 Å². The van der Waals surface area contributed by atoms with Crippen LogP contribution in [0, 0.1) is 13.8 Å². The number of ketones is 2. The van der Waals surface area contributed by atoms with Gasteiger partial charge in [0.05, 0.1) is 21.2 Å². The Balaban J connectivity index is 0.00000325. The summed E-state index contributed by atoms with van der Waals surface area (Å²) < 4.78 is 73.0. The van der Waals surface area contributed by atoms with Gasteiger partial charge in [0.15, 0.2) is 0 Å². The number of rotatable bonds is 8. The minimum atomic E-state index is -5.17. The molecule has 19 heteroatoms. The predicted molar refractivity (Wildman–Crippen MR) is 194 cm³/mol. The number of nitrogens with one attached hydrogen (secondary N) is 4. The van der Waals surface area contributed by atoms with E-state index in [-0.39, 0.29) is 115 Å². The molecule has 0 radical (unpaired) electrons. The average Bonchev–Trinajstić information content (AvgIpc) is 3.07. The molecule has 2 amide bonds. The number of allylic oxidation sites excluding steroid dienone is 2. The number of anilines is 4. The molecule has 6 rings (SSSR count). The summed E-state index contributed by atoms with van der Waals surface area (Å²) in [7, 11) is -10.3. The van der Waals surface area contributed by atoms with Gasteiger partial charge in [0.25, 0.3) is 0 Å². The van der Waals surface area contributed by atoms with Gasteiger partial charge >= 0.3 is 87.0 Å². The van der Waals surface area contributed by atoms with E-state index in [2.05, 4.69) is 31.7 Å². The first-order valence-electron chi connectivity index (χ1n) is 15.2. The Bertz CT molecular complexity index is 2400. The Morgan fingerprint density at radius 1 is 0.611 bits per heavy atom. The largest absolute Gasteiger partial charge is 1.00 e. The van der Waals surface area contributed by atoms with Crippen molar-refractivity contribution >= 4 is 84.2 Å². The number of aryl methyl sites for hydroxylation is 2. The van der Waals surface area contributed by atoms with Gasteiger partial charge in [0.2, 0.25) is 11.6 Å². The van der Waals surface area contributed by atoms with Gasteiger partial charge in [-0.15, -0.1) is 0 Å². The van der Waals surface area contributed by atoms with E-state index in [0.29, 0.717) is 11.4 Å². The summed E-state index contributed by atoms with van der Waals surface area (Å²) in [6.45, 7) is 3.54. The monoisotopic (exact) mass is 800 g/mol. The van der Waals surface area contributed by atoms with Crippen LogP contribution in [0.1, 0.15) is 43.0 Å². The summed E-state index contributed by atoms with van der Waals surface area (Å²) in [4.78, 5) is 37.9. The summed E-state index contributed by atoms with van der Waals surface area (Å²) in [5.74, 6) is -1.67. The van der Waals surface area contributed by atoms with E-state index in [1.54, 1.807) is 62.4 Å². The number of hydrazone groups is 2. The van der Waals surface area contributed by atoms with Gasteiger partial charge in [-0.05, 0) is 96.8 Å². The molecule has 4 aromatic carbocycles. The fourth-order valence-corrected chi connectivity index (χ4v) is 6.64. The molecule has 0 saturated carbocycles. The third-order valence-corrected chi connectivity index (χ3v) is 9.68. The van der Waals surface area contributed by atoms with Crippen LogP contribution in [0.3, 0.4) is 0 Å². The molecule has 0 heterocycles. The quantitative estimate of drug-likeness (QED) is 0.0964. The summed E-state index contributed by atoms with van der Waals surface area (Å²) in [6, 6.07) is 21.0. The van der Waals surface area contributed by atoms with Crippen LogP contribution in [0.4, 0.5) is 27.5 Å². The van der Waals surface area contributed by atoms with Gasteiger partial charge in [-0.1, -0.05) is 36.4 Å². The van der Waals surface area contributed by atoms with Crippen molar-refractivity contribution in [3.63, 3.8) is 0 Å². The normalized spacial score (nSPS) is 15.1.